The van der Waals surface area contributed by atoms with Gasteiger partial charge in [-0.15, -0.1) is 0 Å². The molecule has 2 aromatic rings. The molecule has 1 heteroatoms. The number of carbonyl (C=O) groups excluding carboxylic acids is 1. The van der Waals surface area contributed by atoms with E-state index < -0.39 is 0 Å². The SMILES string of the molecule is Cc1cccc2c1C(C=O)c1ccccc1-2. The first-order valence-electron chi connectivity index (χ1n) is 5.47. The van der Waals surface area contributed by atoms with Crippen LogP contribution in [0.3, 0.4) is 0 Å². The summed E-state index contributed by atoms with van der Waals surface area (Å²) < 4.78 is 0. The van der Waals surface area contributed by atoms with Crippen LogP contribution in [-0.2, 0) is 4.79 Å². The van der Waals surface area contributed by atoms with Crippen molar-refractivity contribution in [2.75, 3.05) is 0 Å². The first-order chi connectivity index (χ1) is 7.83. The van der Waals surface area contributed by atoms with Crippen LogP contribution in [0, 0.1) is 6.92 Å². The number of hydrogen-bond acceptors (Lipinski definition) is 1. The molecule has 0 saturated heterocycles. The summed E-state index contributed by atoms with van der Waals surface area (Å²) in [4.78, 5) is 11.3. The maximum Gasteiger partial charge on any atom is 0.131 e. The van der Waals surface area contributed by atoms with Gasteiger partial charge in [-0.3, -0.25) is 0 Å². The fourth-order valence-corrected chi connectivity index (χ4v) is 2.64. The highest BCUT2D eigenvalue weighted by atomic mass is 16.1. The minimum absolute atomic E-state index is 0.0765. The van der Waals surface area contributed by atoms with Crippen LogP contribution in [0.1, 0.15) is 22.6 Å². The van der Waals surface area contributed by atoms with Gasteiger partial charge in [0.15, 0.2) is 0 Å². The molecule has 0 aromatic heterocycles. The Morgan fingerprint density at radius 2 is 1.75 bits per heavy atom. The molecule has 1 nitrogen and oxygen atoms in total. The number of rotatable bonds is 1. The lowest BCUT2D eigenvalue weighted by atomic mass is 9.95. The summed E-state index contributed by atoms with van der Waals surface area (Å²) in [7, 11) is 0. The highest BCUT2D eigenvalue weighted by Crippen LogP contribution is 2.44. The van der Waals surface area contributed by atoms with Gasteiger partial charge in [0.2, 0.25) is 0 Å². The molecule has 0 amide bonds. The van der Waals surface area contributed by atoms with Crippen LogP contribution in [0.5, 0.6) is 0 Å². The molecule has 0 N–H and O–H groups in total. The standard InChI is InChI=1S/C15H12O/c1-10-5-4-8-13-11-6-2-3-7-12(11)14(9-16)15(10)13/h2-9,14H,1H3. The van der Waals surface area contributed by atoms with E-state index in [-0.39, 0.29) is 5.92 Å². The maximum atomic E-state index is 11.3. The van der Waals surface area contributed by atoms with E-state index in [1.807, 2.05) is 18.2 Å². The number of carbonyl (C=O) groups is 1. The lowest BCUT2D eigenvalue weighted by Crippen LogP contribution is -1.99. The van der Waals surface area contributed by atoms with Gasteiger partial charge in [0.25, 0.3) is 0 Å². The van der Waals surface area contributed by atoms with Crippen molar-refractivity contribution in [2.45, 2.75) is 12.8 Å². The van der Waals surface area contributed by atoms with Gasteiger partial charge in [-0.2, -0.15) is 0 Å². The average Bonchev–Trinajstić information content (AvgIpc) is 2.65. The largest absolute Gasteiger partial charge is 0.302 e. The van der Waals surface area contributed by atoms with Gasteiger partial charge in [-0.1, -0.05) is 42.5 Å². The van der Waals surface area contributed by atoms with E-state index in [2.05, 4.69) is 31.2 Å². The predicted octanol–water partition coefficient (Wildman–Crippen LogP) is 3.31. The van der Waals surface area contributed by atoms with Crippen molar-refractivity contribution in [1.82, 2.24) is 0 Å². The smallest absolute Gasteiger partial charge is 0.131 e. The minimum atomic E-state index is -0.0765. The van der Waals surface area contributed by atoms with Gasteiger partial charge in [0.1, 0.15) is 6.29 Å². The predicted molar refractivity (Wildman–Crippen MR) is 64.5 cm³/mol. The Balaban J connectivity index is 2.38. The molecule has 2 aromatic carbocycles. The van der Waals surface area contributed by atoms with Crippen molar-refractivity contribution in [1.29, 1.82) is 0 Å². The van der Waals surface area contributed by atoms with Crippen LogP contribution in [0.25, 0.3) is 11.1 Å². The van der Waals surface area contributed by atoms with Gasteiger partial charge in [-0.05, 0) is 34.7 Å². The second-order valence-corrected chi connectivity index (χ2v) is 4.24. The summed E-state index contributed by atoms with van der Waals surface area (Å²) in [6.45, 7) is 2.07. The number of aryl methyl sites for hydroxylation is 1. The zero-order chi connectivity index (χ0) is 11.1. The van der Waals surface area contributed by atoms with Crippen molar-refractivity contribution >= 4 is 6.29 Å². The van der Waals surface area contributed by atoms with E-state index in [1.165, 1.54) is 22.3 Å². The molecule has 78 valence electrons. The second-order valence-electron chi connectivity index (χ2n) is 4.24. The molecule has 1 atom stereocenters. The molecular formula is C15H12O. The molecule has 1 aliphatic carbocycles. The number of benzene rings is 2. The normalized spacial score (nSPS) is 16.7. The molecule has 0 aliphatic heterocycles. The Morgan fingerprint density at radius 1 is 1.00 bits per heavy atom. The third-order valence-corrected chi connectivity index (χ3v) is 3.36. The van der Waals surface area contributed by atoms with Crippen molar-refractivity contribution in [3.8, 4) is 11.1 Å². The fraction of sp³-hybridized carbons (Fsp3) is 0.133. The molecule has 0 fully saturated rings. The second kappa shape index (κ2) is 3.31. The summed E-state index contributed by atoms with van der Waals surface area (Å²) >= 11 is 0. The van der Waals surface area contributed by atoms with Crippen LogP contribution in [0.4, 0.5) is 0 Å². The van der Waals surface area contributed by atoms with Gasteiger partial charge in [0, 0.05) is 0 Å². The van der Waals surface area contributed by atoms with E-state index in [9.17, 15) is 4.79 Å². The van der Waals surface area contributed by atoms with Crippen molar-refractivity contribution < 1.29 is 4.79 Å². The van der Waals surface area contributed by atoms with Crippen LogP contribution >= 0.6 is 0 Å². The topological polar surface area (TPSA) is 17.1 Å². The summed E-state index contributed by atoms with van der Waals surface area (Å²) in [5.41, 5.74) is 5.94. The Hall–Kier alpha value is -1.89. The van der Waals surface area contributed by atoms with Gasteiger partial charge >= 0.3 is 0 Å². The Kier molecular flexibility index (Phi) is 1.93. The summed E-state index contributed by atoms with van der Waals surface area (Å²) in [5.74, 6) is -0.0765. The molecule has 0 radical (unpaired) electrons. The average molecular weight is 208 g/mol. The zero-order valence-electron chi connectivity index (χ0n) is 9.10. The number of hydrogen-bond donors (Lipinski definition) is 0. The Morgan fingerprint density at radius 3 is 2.56 bits per heavy atom. The first kappa shape index (κ1) is 9.34. The molecule has 0 saturated carbocycles. The highest BCUT2D eigenvalue weighted by molar-refractivity contribution is 5.88. The summed E-state index contributed by atoms with van der Waals surface area (Å²) in [5, 5.41) is 0. The first-order valence-corrected chi connectivity index (χ1v) is 5.47. The van der Waals surface area contributed by atoms with Crippen LogP contribution in [-0.4, -0.2) is 6.29 Å². The van der Waals surface area contributed by atoms with Gasteiger partial charge < -0.3 is 4.79 Å². The summed E-state index contributed by atoms with van der Waals surface area (Å²) in [6, 6.07) is 14.4. The maximum absolute atomic E-state index is 11.3. The third kappa shape index (κ3) is 1.09. The molecule has 0 heterocycles. The molecule has 16 heavy (non-hydrogen) atoms. The molecule has 3 rings (SSSR count). The van der Waals surface area contributed by atoms with E-state index in [1.54, 1.807) is 0 Å². The summed E-state index contributed by atoms with van der Waals surface area (Å²) in [6.07, 6.45) is 1.05. The Bertz CT molecular complexity index is 569. The van der Waals surface area contributed by atoms with E-state index in [0.717, 1.165) is 11.8 Å². The molecule has 0 spiro atoms. The van der Waals surface area contributed by atoms with E-state index in [0.29, 0.717) is 0 Å². The van der Waals surface area contributed by atoms with Gasteiger partial charge in [0.05, 0.1) is 5.92 Å². The van der Waals surface area contributed by atoms with E-state index in [4.69, 9.17) is 0 Å². The lowest BCUT2D eigenvalue weighted by molar-refractivity contribution is -0.108. The van der Waals surface area contributed by atoms with Crippen LogP contribution in [0.2, 0.25) is 0 Å². The third-order valence-electron chi connectivity index (χ3n) is 3.36. The van der Waals surface area contributed by atoms with Crippen molar-refractivity contribution in [2.24, 2.45) is 0 Å². The molecule has 0 bridgehead atoms. The monoisotopic (exact) mass is 208 g/mol. The van der Waals surface area contributed by atoms with Crippen LogP contribution in [0.15, 0.2) is 42.5 Å². The number of fused-ring (bicyclic) bond motifs is 3. The lowest BCUT2D eigenvalue weighted by Gasteiger charge is -2.07. The molecule has 1 aliphatic rings. The molecular weight excluding hydrogens is 196 g/mol. The van der Waals surface area contributed by atoms with E-state index >= 15 is 0 Å². The minimum Gasteiger partial charge on any atom is -0.302 e. The zero-order valence-corrected chi connectivity index (χ0v) is 9.10. The molecule has 1 unspecified atom stereocenters. The highest BCUT2D eigenvalue weighted by Gasteiger charge is 2.28. The van der Waals surface area contributed by atoms with Crippen molar-refractivity contribution in [3.63, 3.8) is 0 Å². The van der Waals surface area contributed by atoms with Gasteiger partial charge in [-0.25, -0.2) is 0 Å². The quantitative estimate of drug-likeness (QED) is 0.657. The number of aldehydes is 1. The fourth-order valence-electron chi connectivity index (χ4n) is 2.64. The van der Waals surface area contributed by atoms with Crippen LogP contribution < -0.4 is 0 Å². The Labute approximate surface area is 94.7 Å². The van der Waals surface area contributed by atoms with Crippen molar-refractivity contribution in [3.05, 3.63) is 59.2 Å².